The molecule has 0 bridgehead atoms. The molecule has 0 radical (unpaired) electrons. The number of aromatic nitrogens is 4. The topological polar surface area (TPSA) is 115 Å². The summed E-state index contributed by atoms with van der Waals surface area (Å²) < 4.78 is 5.18. The number of aromatic amines is 1. The first-order valence-corrected chi connectivity index (χ1v) is 10.9. The minimum atomic E-state index is -0.470. The molecule has 1 aliphatic rings. The van der Waals surface area contributed by atoms with Crippen LogP contribution in [0.25, 0.3) is 11.1 Å². The first-order chi connectivity index (χ1) is 15.9. The molecule has 0 spiro atoms. The average molecular weight is 447 g/mol. The Morgan fingerprint density at radius 1 is 0.970 bits per heavy atom. The van der Waals surface area contributed by atoms with Crippen LogP contribution in [0.5, 0.6) is 0 Å². The van der Waals surface area contributed by atoms with E-state index in [1.165, 1.54) is 0 Å². The molecular weight excluding hydrogens is 420 g/mol. The number of benzene rings is 1. The Labute approximate surface area is 190 Å². The normalized spacial score (nSPS) is 14.6. The summed E-state index contributed by atoms with van der Waals surface area (Å²) in [6.07, 6.45) is 3.56. The van der Waals surface area contributed by atoms with Crippen LogP contribution in [0.1, 0.15) is 11.1 Å². The molecule has 4 aromatic rings. The summed E-state index contributed by atoms with van der Waals surface area (Å²) >= 11 is 0. The minimum absolute atomic E-state index is 0.465. The van der Waals surface area contributed by atoms with Gasteiger partial charge in [0, 0.05) is 43.6 Å². The SMILES string of the molecule is Cc1cnc(Nc2ccc(N3CCN(C)CC3)nc2)nc1Nc1cc(C)c2oc(=O)[nH]c2c1. The third-order valence-electron chi connectivity index (χ3n) is 5.77. The van der Waals surface area contributed by atoms with Gasteiger partial charge in [-0.3, -0.25) is 4.98 Å². The maximum Gasteiger partial charge on any atom is 0.417 e. The maximum atomic E-state index is 11.5. The van der Waals surface area contributed by atoms with Gasteiger partial charge >= 0.3 is 5.76 Å². The number of likely N-dealkylation sites (N-methyl/N-ethyl adjacent to an activating group) is 1. The molecular formula is C23H26N8O2. The van der Waals surface area contributed by atoms with Gasteiger partial charge in [-0.05, 0) is 50.7 Å². The van der Waals surface area contributed by atoms with Crippen molar-refractivity contribution in [2.24, 2.45) is 0 Å². The van der Waals surface area contributed by atoms with Crippen molar-refractivity contribution in [3.63, 3.8) is 0 Å². The van der Waals surface area contributed by atoms with Gasteiger partial charge in [-0.25, -0.2) is 14.8 Å². The first-order valence-electron chi connectivity index (χ1n) is 10.9. The van der Waals surface area contributed by atoms with Crippen molar-refractivity contribution in [1.82, 2.24) is 24.8 Å². The van der Waals surface area contributed by atoms with Gasteiger partial charge in [0.05, 0.1) is 17.4 Å². The Balaban J connectivity index is 1.32. The fourth-order valence-corrected chi connectivity index (χ4v) is 3.88. The number of fused-ring (bicyclic) bond motifs is 1. The molecule has 0 unspecified atom stereocenters. The number of hydrogen-bond donors (Lipinski definition) is 3. The van der Waals surface area contributed by atoms with Gasteiger partial charge in [0.15, 0.2) is 5.58 Å². The van der Waals surface area contributed by atoms with Crippen LogP contribution in [0.4, 0.5) is 29.0 Å². The monoisotopic (exact) mass is 446 g/mol. The number of nitrogens with one attached hydrogen (secondary N) is 3. The molecule has 1 aliphatic heterocycles. The third kappa shape index (κ3) is 4.51. The summed E-state index contributed by atoms with van der Waals surface area (Å²) in [5.74, 6) is 1.64. The van der Waals surface area contributed by atoms with E-state index < -0.39 is 5.76 Å². The molecule has 170 valence electrons. The third-order valence-corrected chi connectivity index (χ3v) is 5.77. The summed E-state index contributed by atoms with van der Waals surface area (Å²) in [6.45, 7) is 7.86. The number of aryl methyl sites for hydroxylation is 2. The molecule has 1 fully saturated rings. The Morgan fingerprint density at radius 2 is 1.79 bits per heavy atom. The average Bonchev–Trinajstić information content (AvgIpc) is 3.18. The van der Waals surface area contributed by atoms with Gasteiger partial charge < -0.3 is 24.9 Å². The van der Waals surface area contributed by atoms with Gasteiger partial charge in [0.1, 0.15) is 11.6 Å². The standard InChI is InChI=1S/C23H26N8O2/c1-14-10-17(11-18-20(14)33-23(32)28-18)26-21-15(2)12-25-22(29-21)27-16-4-5-19(24-13-16)31-8-6-30(3)7-9-31/h4-5,10-13H,6-9H2,1-3H3,(H,28,32)(H2,25,26,27,29). The van der Waals surface area contributed by atoms with Crippen molar-refractivity contribution >= 4 is 40.1 Å². The second-order valence-electron chi connectivity index (χ2n) is 8.35. The molecule has 0 saturated carbocycles. The van der Waals surface area contributed by atoms with E-state index >= 15 is 0 Å². The number of anilines is 5. The number of nitrogens with zero attached hydrogens (tertiary/aromatic N) is 5. The molecule has 10 heteroatoms. The van der Waals surface area contributed by atoms with E-state index in [0.717, 1.165) is 54.5 Å². The van der Waals surface area contributed by atoms with Crippen molar-refractivity contribution in [2.75, 3.05) is 48.8 Å². The molecule has 10 nitrogen and oxygen atoms in total. The van der Waals surface area contributed by atoms with Crippen molar-refractivity contribution < 1.29 is 4.42 Å². The molecule has 33 heavy (non-hydrogen) atoms. The molecule has 0 atom stereocenters. The predicted molar refractivity (Wildman–Crippen MR) is 129 cm³/mol. The van der Waals surface area contributed by atoms with Crippen molar-refractivity contribution in [2.45, 2.75) is 13.8 Å². The minimum Gasteiger partial charge on any atom is -0.408 e. The van der Waals surface area contributed by atoms with E-state index in [0.29, 0.717) is 22.9 Å². The Kier molecular flexibility index (Phi) is 5.43. The lowest BCUT2D eigenvalue weighted by Crippen LogP contribution is -2.44. The zero-order valence-electron chi connectivity index (χ0n) is 18.8. The van der Waals surface area contributed by atoms with Crippen LogP contribution in [-0.4, -0.2) is 58.1 Å². The fraction of sp³-hybridized carbons (Fsp3) is 0.304. The van der Waals surface area contributed by atoms with E-state index in [1.54, 1.807) is 12.4 Å². The Morgan fingerprint density at radius 3 is 2.55 bits per heavy atom. The van der Waals surface area contributed by atoms with Gasteiger partial charge in [0.25, 0.3) is 0 Å². The van der Waals surface area contributed by atoms with E-state index in [2.05, 4.69) is 47.4 Å². The summed E-state index contributed by atoms with van der Waals surface area (Å²) in [5, 5.41) is 6.54. The number of pyridine rings is 1. The summed E-state index contributed by atoms with van der Waals surface area (Å²) in [7, 11) is 2.14. The number of oxazole rings is 1. The van der Waals surface area contributed by atoms with Gasteiger partial charge in [-0.1, -0.05) is 0 Å². The molecule has 4 heterocycles. The van der Waals surface area contributed by atoms with Crippen LogP contribution in [-0.2, 0) is 0 Å². The summed E-state index contributed by atoms with van der Waals surface area (Å²) in [4.78, 5) is 32.5. The molecule has 1 saturated heterocycles. The Hall–Kier alpha value is -3.92. The van der Waals surface area contributed by atoms with E-state index in [-0.39, 0.29) is 0 Å². The van der Waals surface area contributed by atoms with E-state index in [9.17, 15) is 4.79 Å². The number of H-pyrrole nitrogens is 1. The van der Waals surface area contributed by atoms with Crippen molar-refractivity contribution in [3.8, 4) is 0 Å². The predicted octanol–water partition coefficient (Wildman–Crippen LogP) is 3.16. The van der Waals surface area contributed by atoms with Crippen LogP contribution >= 0.6 is 0 Å². The van der Waals surface area contributed by atoms with Crippen molar-refractivity contribution in [1.29, 1.82) is 0 Å². The molecule has 1 aromatic carbocycles. The van der Waals surface area contributed by atoms with Gasteiger partial charge in [0.2, 0.25) is 5.95 Å². The number of piperazine rings is 1. The molecule has 0 amide bonds. The van der Waals surface area contributed by atoms with Crippen molar-refractivity contribution in [3.05, 3.63) is 58.3 Å². The zero-order chi connectivity index (χ0) is 22.9. The highest BCUT2D eigenvalue weighted by molar-refractivity contribution is 5.81. The number of hydrogen-bond acceptors (Lipinski definition) is 9. The van der Waals surface area contributed by atoms with Crippen LogP contribution in [0.2, 0.25) is 0 Å². The lowest BCUT2D eigenvalue weighted by molar-refractivity contribution is 0.312. The highest BCUT2D eigenvalue weighted by atomic mass is 16.4. The summed E-state index contributed by atoms with van der Waals surface area (Å²) in [5.41, 5.74) is 4.55. The van der Waals surface area contributed by atoms with Crippen LogP contribution in [0.3, 0.4) is 0 Å². The largest absolute Gasteiger partial charge is 0.417 e. The molecule has 3 aromatic heterocycles. The Bertz CT molecular complexity index is 1340. The molecule has 5 rings (SSSR count). The number of rotatable bonds is 5. The highest BCUT2D eigenvalue weighted by Crippen LogP contribution is 2.26. The second kappa shape index (κ2) is 8.55. The highest BCUT2D eigenvalue weighted by Gasteiger charge is 2.15. The quantitative estimate of drug-likeness (QED) is 0.425. The van der Waals surface area contributed by atoms with Gasteiger partial charge in [-0.15, -0.1) is 0 Å². The summed E-state index contributed by atoms with van der Waals surface area (Å²) in [6, 6.07) is 7.74. The first kappa shape index (κ1) is 21.0. The zero-order valence-corrected chi connectivity index (χ0v) is 18.8. The lowest BCUT2D eigenvalue weighted by Gasteiger charge is -2.33. The van der Waals surface area contributed by atoms with E-state index in [1.807, 2.05) is 38.1 Å². The lowest BCUT2D eigenvalue weighted by atomic mass is 10.2. The van der Waals surface area contributed by atoms with Crippen LogP contribution in [0.15, 0.2) is 45.9 Å². The van der Waals surface area contributed by atoms with E-state index in [4.69, 9.17) is 4.42 Å². The molecule has 0 aliphatic carbocycles. The molecule has 3 N–H and O–H groups in total. The van der Waals surface area contributed by atoms with Gasteiger partial charge in [-0.2, -0.15) is 4.98 Å². The van der Waals surface area contributed by atoms with Crippen LogP contribution in [0, 0.1) is 13.8 Å². The fourth-order valence-electron chi connectivity index (χ4n) is 3.88. The maximum absolute atomic E-state index is 11.5. The smallest absolute Gasteiger partial charge is 0.408 e. The van der Waals surface area contributed by atoms with Crippen LogP contribution < -0.4 is 21.3 Å². The second-order valence-corrected chi connectivity index (χ2v) is 8.35.